The molecule has 1 atom stereocenters. The van der Waals surface area contributed by atoms with Gasteiger partial charge in [0.2, 0.25) is 0 Å². The smallest absolute Gasteiger partial charge is 0.274 e. The van der Waals surface area contributed by atoms with Gasteiger partial charge in [0, 0.05) is 38.4 Å². The van der Waals surface area contributed by atoms with E-state index in [1.54, 1.807) is 12.4 Å². The average molecular weight is 370 g/mol. The van der Waals surface area contributed by atoms with Crippen LogP contribution in [0.2, 0.25) is 0 Å². The first-order valence-corrected chi connectivity index (χ1v) is 9.50. The van der Waals surface area contributed by atoms with Crippen LogP contribution in [-0.2, 0) is 6.54 Å². The highest BCUT2D eigenvalue weighted by Crippen LogP contribution is 2.21. The number of nitrogens with zero attached hydrogens (tertiary/aromatic N) is 4. The molecule has 1 aliphatic heterocycles. The monoisotopic (exact) mass is 370 g/mol. The summed E-state index contributed by atoms with van der Waals surface area (Å²) in [5.41, 5.74) is 2.29. The minimum Gasteiger partial charge on any atom is -0.336 e. The Hall–Kier alpha value is -2.34. The van der Waals surface area contributed by atoms with Crippen LogP contribution in [0.1, 0.15) is 42.0 Å². The van der Waals surface area contributed by atoms with Gasteiger partial charge >= 0.3 is 0 Å². The van der Waals surface area contributed by atoms with Gasteiger partial charge in [-0.05, 0) is 37.0 Å². The van der Waals surface area contributed by atoms with E-state index in [1.165, 1.54) is 12.1 Å². The van der Waals surface area contributed by atoms with E-state index in [0.717, 1.165) is 30.8 Å². The molecule has 6 heteroatoms. The molecule has 1 aromatic carbocycles. The molecule has 0 bridgehead atoms. The Morgan fingerprint density at radius 2 is 1.93 bits per heavy atom. The summed E-state index contributed by atoms with van der Waals surface area (Å²) in [6.07, 6.45) is 4.09. The van der Waals surface area contributed by atoms with Crippen molar-refractivity contribution in [3.8, 4) is 0 Å². The maximum absolute atomic E-state index is 13.2. The highest BCUT2D eigenvalue weighted by molar-refractivity contribution is 5.92. The Bertz CT molecular complexity index is 761. The highest BCUT2D eigenvalue weighted by atomic mass is 19.1. The van der Waals surface area contributed by atoms with E-state index in [4.69, 9.17) is 0 Å². The summed E-state index contributed by atoms with van der Waals surface area (Å²) >= 11 is 0. The molecule has 0 radical (unpaired) electrons. The lowest BCUT2D eigenvalue weighted by molar-refractivity contribution is 0.0696. The maximum atomic E-state index is 13.2. The second kappa shape index (κ2) is 8.57. The average Bonchev–Trinajstić information content (AvgIpc) is 2.86. The van der Waals surface area contributed by atoms with Crippen LogP contribution < -0.4 is 0 Å². The van der Waals surface area contributed by atoms with Gasteiger partial charge < -0.3 is 4.90 Å². The van der Waals surface area contributed by atoms with Gasteiger partial charge in [0.25, 0.3) is 5.91 Å². The van der Waals surface area contributed by atoms with Crippen molar-refractivity contribution in [3.05, 3.63) is 59.4 Å². The number of halogens is 1. The number of carbonyl (C=O) groups excluding carboxylic acids is 1. The molecular formula is C21H27FN4O. The molecule has 2 heterocycles. The topological polar surface area (TPSA) is 49.3 Å². The van der Waals surface area contributed by atoms with Gasteiger partial charge in [0.15, 0.2) is 0 Å². The van der Waals surface area contributed by atoms with Crippen molar-refractivity contribution >= 4 is 5.91 Å². The molecule has 0 saturated carbocycles. The molecule has 5 nitrogen and oxygen atoms in total. The molecule has 1 saturated heterocycles. The first-order chi connectivity index (χ1) is 12.9. The SMILES string of the molecule is Cc1cnc(C(=O)N2CCCN(Cc3ccc(F)cc3)C(C(C)C)C2)cn1. The maximum Gasteiger partial charge on any atom is 0.274 e. The lowest BCUT2D eigenvalue weighted by Gasteiger charge is -2.34. The van der Waals surface area contributed by atoms with Crippen LogP contribution >= 0.6 is 0 Å². The molecule has 27 heavy (non-hydrogen) atoms. The zero-order chi connectivity index (χ0) is 19.4. The number of aromatic nitrogens is 2. The Labute approximate surface area is 160 Å². The molecule has 1 amide bonds. The first kappa shape index (κ1) is 19.4. The van der Waals surface area contributed by atoms with Crippen molar-refractivity contribution in [2.45, 2.75) is 39.8 Å². The summed E-state index contributed by atoms with van der Waals surface area (Å²) < 4.78 is 13.2. The molecule has 1 unspecified atom stereocenters. The Morgan fingerprint density at radius 3 is 2.56 bits per heavy atom. The summed E-state index contributed by atoms with van der Waals surface area (Å²) in [4.78, 5) is 25.6. The minimum atomic E-state index is -0.217. The van der Waals surface area contributed by atoms with Crippen molar-refractivity contribution in [1.82, 2.24) is 19.8 Å². The molecule has 0 spiro atoms. The van der Waals surface area contributed by atoms with Gasteiger partial charge in [-0.25, -0.2) is 9.37 Å². The third-order valence-electron chi connectivity index (χ3n) is 5.11. The van der Waals surface area contributed by atoms with Crippen LogP contribution in [-0.4, -0.2) is 51.4 Å². The van der Waals surface area contributed by atoms with Gasteiger partial charge in [-0.15, -0.1) is 0 Å². The van der Waals surface area contributed by atoms with E-state index in [2.05, 4.69) is 28.7 Å². The van der Waals surface area contributed by atoms with E-state index >= 15 is 0 Å². The number of hydrogen-bond donors (Lipinski definition) is 0. The largest absolute Gasteiger partial charge is 0.336 e. The molecule has 1 aromatic heterocycles. The summed E-state index contributed by atoms with van der Waals surface area (Å²) in [5.74, 6) is 0.116. The van der Waals surface area contributed by atoms with Crippen LogP contribution in [0.15, 0.2) is 36.7 Å². The second-order valence-corrected chi connectivity index (χ2v) is 7.56. The molecule has 0 N–H and O–H groups in total. The predicted molar refractivity (Wildman–Crippen MR) is 103 cm³/mol. The molecule has 1 fully saturated rings. The zero-order valence-corrected chi connectivity index (χ0v) is 16.2. The Morgan fingerprint density at radius 1 is 1.19 bits per heavy atom. The molecule has 3 rings (SSSR count). The van der Waals surface area contributed by atoms with Gasteiger partial charge in [-0.3, -0.25) is 14.7 Å². The standard InChI is InChI=1S/C21H27FN4O/c1-15(2)20-14-26(21(27)19-12-23-16(3)11-24-19)10-4-9-25(20)13-17-5-7-18(22)8-6-17/h5-8,11-12,15,20H,4,9-10,13-14H2,1-3H3. The fraction of sp³-hybridized carbons (Fsp3) is 0.476. The summed E-state index contributed by atoms with van der Waals surface area (Å²) in [6.45, 7) is 9.25. The molecule has 144 valence electrons. The van der Waals surface area contributed by atoms with Crippen LogP contribution in [0.25, 0.3) is 0 Å². The van der Waals surface area contributed by atoms with Gasteiger partial charge in [0.1, 0.15) is 11.5 Å². The summed E-state index contributed by atoms with van der Waals surface area (Å²) in [7, 11) is 0. The van der Waals surface area contributed by atoms with Crippen molar-refractivity contribution in [3.63, 3.8) is 0 Å². The molecule has 2 aromatic rings. The fourth-order valence-electron chi connectivity index (χ4n) is 3.57. The van der Waals surface area contributed by atoms with E-state index in [9.17, 15) is 9.18 Å². The number of hydrogen-bond acceptors (Lipinski definition) is 4. The number of benzene rings is 1. The lowest BCUT2D eigenvalue weighted by atomic mass is 10.0. The quantitative estimate of drug-likeness (QED) is 0.829. The van der Waals surface area contributed by atoms with Crippen molar-refractivity contribution in [2.24, 2.45) is 5.92 Å². The van der Waals surface area contributed by atoms with E-state index in [0.29, 0.717) is 24.7 Å². The van der Waals surface area contributed by atoms with Crippen molar-refractivity contribution < 1.29 is 9.18 Å². The Kier molecular flexibility index (Phi) is 6.16. The predicted octanol–water partition coefficient (Wildman–Crippen LogP) is 3.30. The third kappa shape index (κ3) is 4.89. The van der Waals surface area contributed by atoms with Gasteiger partial charge in [-0.2, -0.15) is 0 Å². The first-order valence-electron chi connectivity index (χ1n) is 9.50. The van der Waals surface area contributed by atoms with Crippen molar-refractivity contribution in [1.29, 1.82) is 0 Å². The van der Waals surface area contributed by atoms with Crippen LogP contribution in [0.3, 0.4) is 0 Å². The van der Waals surface area contributed by atoms with E-state index in [1.807, 2.05) is 24.0 Å². The van der Waals surface area contributed by atoms with Gasteiger partial charge in [-0.1, -0.05) is 26.0 Å². The Balaban J connectivity index is 1.75. The fourth-order valence-corrected chi connectivity index (χ4v) is 3.57. The normalized spacial score (nSPS) is 18.6. The van der Waals surface area contributed by atoms with E-state index < -0.39 is 0 Å². The summed E-state index contributed by atoms with van der Waals surface area (Å²) in [6, 6.07) is 6.91. The number of aryl methyl sites for hydroxylation is 1. The van der Waals surface area contributed by atoms with Gasteiger partial charge in [0.05, 0.1) is 11.9 Å². The summed E-state index contributed by atoms with van der Waals surface area (Å²) in [5, 5.41) is 0. The molecule has 1 aliphatic rings. The van der Waals surface area contributed by atoms with Crippen LogP contribution in [0.4, 0.5) is 4.39 Å². The number of carbonyl (C=O) groups is 1. The number of rotatable bonds is 4. The minimum absolute atomic E-state index is 0.0585. The van der Waals surface area contributed by atoms with Crippen LogP contribution in [0, 0.1) is 18.7 Å². The van der Waals surface area contributed by atoms with Crippen molar-refractivity contribution in [2.75, 3.05) is 19.6 Å². The zero-order valence-electron chi connectivity index (χ0n) is 16.2. The van der Waals surface area contributed by atoms with E-state index in [-0.39, 0.29) is 17.8 Å². The van der Waals surface area contributed by atoms with Crippen LogP contribution in [0.5, 0.6) is 0 Å². The molecule has 0 aliphatic carbocycles. The highest BCUT2D eigenvalue weighted by Gasteiger charge is 2.30. The third-order valence-corrected chi connectivity index (χ3v) is 5.11. The lowest BCUT2D eigenvalue weighted by Crippen LogP contribution is -2.45. The molecular weight excluding hydrogens is 343 g/mol. The second-order valence-electron chi connectivity index (χ2n) is 7.56. The number of amides is 1.